The van der Waals surface area contributed by atoms with E-state index in [-0.39, 0.29) is 0 Å². The average Bonchev–Trinajstić information content (AvgIpc) is 2.89. The molecule has 0 amide bonds. The Labute approximate surface area is 135 Å². The zero-order valence-corrected chi connectivity index (χ0v) is 13.5. The van der Waals surface area contributed by atoms with E-state index in [0.717, 1.165) is 32.1 Å². The van der Waals surface area contributed by atoms with Gasteiger partial charge in [-0.1, -0.05) is 35.5 Å². The molecule has 106 valence electrons. The molecule has 1 N–H and O–H groups in total. The van der Waals surface area contributed by atoms with Crippen LogP contribution >= 0.6 is 22.6 Å². The summed E-state index contributed by atoms with van der Waals surface area (Å²) in [5, 5.41) is 15.5. The second-order valence-electron chi connectivity index (χ2n) is 4.53. The fraction of sp³-hybridized carbons (Fsp3) is 0.133. The van der Waals surface area contributed by atoms with E-state index in [1.807, 2.05) is 49.4 Å². The molecule has 6 heteroatoms. The molecule has 0 fully saturated rings. The maximum atomic E-state index is 5.33. The zero-order valence-electron chi connectivity index (χ0n) is 11.4. The third-order valence-electron chi connectivity index (χ3n) is 3.11. The van der Waals surface area contributed by atoms with Gasteiger partial charge in [-0.3, -0.25) is 0 Å². The first kappa shape index (κ1) is 14.0. The summed E-state index contributed by atoms with van der Waals surface area (Å²) in [5.41, 5.74) is 2.93. The van der Waals surface area contributed by atoms with Gasteiger partial charge in [-0.25, -0.2) is 0 Å². The normalized spacial score (nSPS) is 10.6. The first-order valence-corrected chi connectivity index (χ1v) is 7.55. The van der Waals surface area contributed by atoms with Crippen molar-refractivity contribution in [3.05, 3.63) is 57.5 Å². The SMILES string of the molecule is Cc1onc(-c2ccccc2)c1CNc1ccc(I)nn1. The highest BCUT2D eigenvalue weighted by molar-refractivity contribution is 14.1. The van der Waals surface area contributed by atoms with Crippen LogP contribution in [0.4, 0.5) is 5.82 Å². The summed E-state index contributed by atoms with van der Waals surface area (Å²) >= 11 is 2.13. The van der Waals surface area contributed by atoms with Crippen LogP contribution in [-0.2, 0) is 6.54 Å². The van der Waals surface area contributed by atoms with Crippen molar-refractivity contribution in [1.29, 1.82) is 0 Å². The number of nitrogens with zero attached hydrogens (tertiary/aromatic N) is 3. The van der Waals surface area contributed by atoms with Crippen molar-refractivity contribution in [2.45, 2.75) is 13.5 Å². The van der Waals surface area contributed by atoms with Gasteiger partial charge >= 0.3 is 0 Å². The van der Waals surface area contributed by atoms with Gasteiger partial charge in [0.2, 0.25) is 0 Å². The van der Waals surface area contributed by atoms with Crippen molar-refractivity contribution in [3.63, 3.8) is 0 Å². The van der Waals surface area contributed by atoms with Crippen LogP contribution in [0.1, 0.15) is 11.3 Å². The molecule has 0 spiro atoms. The van der Waals surface area contributed by atoms with Gasteiger partial charge in [0.25, 0.3) is 0 Å². The highest BCUT2D eigenvalue weighted by Gasteiger charge is 2.14. The van der Waals surface area contributed by atoms with Gasteiger partial charge in [0.1, 0.15) is 21.0 Å². The molecule has 3 aromatic rings. The van der Waals surface area contributed by atoms with Crippen LogP contribution in [0.5, 0.6) is 0 Å². The van der Waals surface area contributed by atoms with Crippen molar-refractivity contribution in [2.24, 2.45) is 0 Å². The third kappa shape index (κ3) is 3.21. The van der Waals surface area contributed by atoms with Crippen molar-refractivity contribution in [2.75, 3.05) is 5.32 Å². The molecule has 3 rings (SSSR count). The summed E-state index contributed by atoms with van der Waals surface area (Å²) in [7, 11) is 0. The molecule has 5 nitrogen and oxygen atoms in total. The number of nitrogens with one attached hydrogen (secondary N) is 1. The van der Waals surface area contributed by atoms with E-state index in [0.29, 0.717) is 6.54 Å². The van der Waals surface area contributed by atoms with E-state index in [2.05, 4.69) is 43.3 Å². The highest BCUT2D eigenvalue weighted by atomic mass is 127. The second-order valence-corrected chi connectivity index (χ2v) is 5.63. The van der Waals surface area contributed by atoms with E-state index < -0.39 is 0 Å². The Balaban J connectivity index is 1.82. The van der Waals surface area contributed by atoms with Crippen LogP contribution in [0.3, 0.4) is 0 Å². The Morgan fingerprint density at radius 2 is 1.90 bits per heavy atom. The number of hydrogen-bond acceptors (Lipinski definition) is 5. The summed E-state index contributed by atoms with van der Waals surface area (Å²) in [6, 6.07) is 13.8. The Morgan fingerprint density at radius 1 is 1.10 bits per heavy atom. The summed E-state index contributed by atoms with van der Waals surface area (Å²) in [6.45, 7) is 2.50. The van der Waals surface area contributed by atoms with Crippen LogP contribution in [0.15, 0.2) is 47.0 Å². The lowest BCUT2D eigenvalue weighted by molar-refractivity contribution is 0.398. The molecule has 0 aliphatic heterocycles. The van der Waals surface area contributed by atoms with Crippen molar-refractivity contribution in [1.82, 2.24) is 15.4 Å². The van der Waals surface area contributed by atoms with Gasteiger partial charge in [-0.15, -0.1) is 10.2 Å². The molecule has 0 aliphatic carbocycles. The maximum absolute atomic E-state index is 5.33. The number of aryl methyl sites for hydroxylation is 1. The average molecular weight is 392 g/mol. The number of anilines is 1. The van der Waals surface area contributed by atoms with Gasteiger partial charge in [-0.2, -0.15) is 0 Å². The molecule has 0 unspecified atom stereocenters. The Morgan fingerprint density at radius 3 is 2.62 bits per heavy atom. The van der Waals surface area contributed by atoms with Gasteiger partial charge in [0.05, 0.1) is 0 Å². The van der Waals surface area contributed by atoms with Crippen LogP contribution < -0.4 is 5.32 Å². The van der Waals surface area contributed by atoms with E-state index in [1.54, 1.807) is 0 Å². The molecular weight excluding hydrogens is 379 g/mol. The molecule has 0 atom stereocenters. The van der Waals surface area contributed by atoms with Gasteiger partial charge in [0, 0.05) is 17.7 Å². The molecule has 0 aliphatic rings. The minimum atomic E-state index is 0.592. The van der Waals surface area contributed by atoms with E-state index in [9.17, 15) is 0 Å². The molecular formula is C15H13IN4O. The number of rotatable bonds is 4. The number of aromatic nitrogens is 3. The Hall–Kier alpha value is -1.96. The number of hydrogen-bond donors (Lipinski definition) is 1. The summed E-state index contributed by atoms with van der Waals surface area (Å²) < 4.78 is 6.20. The molecule has 1 aromatic carbocycles. The maximum Gasteiger partial charge on any atom is 0.148 e. The van der Waals surface area contributed by atoms with Crippen LogP contribution in [0, 0.1) is 10.6 Å². The first-order valence-electron chi connectivity index (χ1n) is 6.47. The second kappa shape index (κ2) is 6.21. The van der Waals surface area contributed by atoms with Crippen molar-refractivity contribution in [3.8, 4) is 11.3 Å². The molecule has 0 bridgehead atoms. The molecule has 0 radical (unpaired) electrons. The molecule has 0 saturated heterocycles. The molecule has 0 saturated carbocycles. The van der Waals surface area contributed by atoms with Crippen LogP contribution in [0.2, 0.25) is 0 Å². The van der Waals surface area contributed by atoms with E-state index >= 15 is 0 Å². The highest BCUT2D eigenvalue weighted by Crippen LogP contribution is 2.25. The van der Waals surface area contributed by atoms with Crippen LogP contribution in [-0.4, -0.2) is 15.4 Å². The Bertz CT molecular complexity index is 725. The van der Waals surface area contributed by atoms with E-state index in [4.69, 9.17) is 4.52 Å². The fourth-order valence-electron chi connectivity index (χ4n) is 2.01. The lowest BCUT2D eigenvalue weighted by Crippen LogP contribution is -2.04. The van der Waals surface area contributed by atoms with Gasteiger partial charge in [-0.05, 0) is 41.6 Å². The lowest BCUT2D eigenvalue weighted by atomic mass is 10.1. The smallest absolute Gasteiger partial charge is 0.148 e. The van der Waals surface area contributed by atoms with Crippen LogP contribution in [0.25, 0.3) is 11.3 Å². The number of halogens is 1. The zero-order chi connectivity index (χ0) is 14.7. The van der Waals surface area contributed by atoms with Gasteiger partial charge in [0.15, 0.2) is 0 Å². The predicted octanol–water partition coefficient (Wildman–Crippen LogP) is 3.66. The standard InChI is InChI=1S/C15H13IN4O/c1-10-12(9-17-14-8-7-13(16)18-19-14)15(20-21-10)11-5-3-2-4-6-11/h2-8H,9H2,1H3,(H,17,19). The summed E-state index contributed by atoms with van der Waals surface area (Å²) in [5.74, 6) is 1.54. The largest absolute Gasteiger partial charge is 0.364 e. The third-order valence-corrected chi connectivity index (χ3v) is 3.69. The van der Waals surface area contributed by atoms with Gasteiger partial charge < -0.3 is 9.84 Å². The van der Waals surface area contributed by atoms with Crippen molar-refractivity contribution >= 4 is 28.4 Å². The monoisotopic (exact) mass is 392 g/mol. The minimum absolute atomic E-state index is 0.592. The minimum Gasteiger partial charge on any atom is -0.364 e. The topological polar surface area (TPSA) is 63.8 Å². The van der Waals surface area contributed by atoms with Crippen molar-refractivity contribution < 1.29 is 4.52 Å². The molecule has 2 heterocycles. The number of benzene rings is 1. The lowest BCUT2D eigenvalue weighted by Gasteiger charge is -2.05. The predicted molar refractivity (Wildman–Crippen MR) is 88.8 cm³/mol. The Kier molecular flexibility index (Phi) is 4.14. The fourth-order valence-corrected chi connectivity index (χ4v) is 2.30. The first-order chi connectivity index (χ1) is 10.2. The quantitative estimate of drug-likeness (QED) is 0.687. The molecule has 2 aromatic heterocycles. The summed E-state index contributed by atoms with van der Waals surface area (Å²) in [6.07, 6.45) is 0. The molecule has 21 heavy (non-hydrogen) atoms. The van der Waals surface area contributed by atoms with E-state index in [1.165, 1.54) is 0 Å². The summed E-state index contributed by atoms with van der Waals surface area (Å²) in [4.78, 5) is 0.